The molecule has 0 unspecified atom stereocenters. The van der Waals surface area contributed by atoms with Crippen LogP contribution in [0.25, 0.3) is 0 Å². The van der Waals surface area contributed by atoms with Crippen LogP contribution in [0.2, 0.25) is 0 Å². The van der Waals surface area contributed by atoms with E-state index in [1.54, 1.807) is 6.92 Å². The number of pyridine rings is 1. The summed E-state index contributed by atoms with van der Waals surface area (Å²) >= 11 is 6.06. The standard InChI is InChI=1S/C10H9Br2F2NO2/c1-2-17-6(16)3-5-4-15-9(12)8(11)7(5)10(13)14/h4,10H,2-3H2,1H3. The molecule has 1 rings (SSSR count). The molecule has 0 fully saturated rings. The third kappa shape index (κ3) is 3.70. The van der Waals surface area contributed by atoms with Crippen LogP contribution in [0.5, 0.6) is 0 Å². The van der Waals surface area contributed by atoms with Crippen molar-refractivity contribution in [3.63, 3.8) is 0 Å². The first-order chi connectivity index (χ1) is 7.97. The van der Waals surface area contributed by atoms with E-state index in [2.05, 4.69) is 36.8 Å². The van der Waals surface area contributed by atoms with E-state index in [4.69, 9.17) is 4.74 Å². The van der Waals surface area contributed by atoms with Gasteiger partial charge in [0.15, 0.2) is 0 Å². The summed E-state index contributed by atoms with van der Waals surface area (Å²) in [5.74, 6) is -0.551. The lowest BCUT2D eigenvalue weighted by Crippen LogP contribution is -2.10. The van der Waals surface area contributed by atoms with Gasteiger partial charge in [0.25, 0.3) is 6.43 Å². The third-order valence-corrected chi connectivity index (χ3v) is 3.89. The highest BCUT2D eigenvalue weighted by Gasteiger charge is 2.21. The maximum atomic E-state index is 12.9. The molecule has 0 radical (unpaired) electrons. The van der Waals surface area contributed by atoms with Gasteiger partial charge in [-0.1, -0.05) is 0 Å². The molecule has 0 aromatic carbocycles. The van der Waals surface area contributed by atoms with Crippen LogP contribution in [0.1, 0.15) is 24.5 Å². The molecule has 0 atom stereocenters. The number of hydrogen-bond acceptors (Lipinski definition) is 3. The fourth-order valence-corrected chi connectivity index (χ4v) is 2.10. The van der Waals surface area contributed by atoms with E-state index in [1.807, 2.05) is 0 Å². The average molecular weight is 373 g/mol. The molecule has 7 heteroatoms. The van der Waals surface area contributed by atoms with Crippen molar-refractivity contribution < 1.29 is 18.3 Å². The number of rotatable bonds is 4. The molecule has 0 N–H and O–H groups in total. The molecule has 1 aromatic rings. The van der Waals surface area contributed by atoms with Crippen LogP contribution in [0.3, 0.4) is 0 Å². The largest absolute Gasteiger partial charge is 0.466 e. The second-order valence-electron chi connectivity index (χ2n) is 3.08. The maximum absolute atomic E-state index is 12.9. The Morgan fingerprint density at radius 2 is 2.18 bits per heavy atom. The van der Waals surface area contributed by atoms with Crippen LogP contribution in [0.4, 0.5) is 8.78 Å². The van der Waals surface area contributed by atoms with Crippen LogP contribution in [0, 0.1) is 0 Å². The van der Waals surface area contributed by atoms with Gasteiger partial charge in [0.2, 0.25) is 0 Å². The van der Waals surface area contributed by atoms with Gasteiger partial charge >= 0.3 is 5.97 Å². The summed E-state index contributed by atoms with van der Waals surface area (Å²) < 4.78 is 30.9. The Hall–Kier alpha value is -0.560. The van der Waals surface area contributed by atoms with Crippen molar-refractivity contribution in [1.29, 1.82) is 0 Å². The van der Waals surface area contributed by atoms with Crippen molar-refractivity contribution in [3.8, 4) is 0 Å². The Kier molecular flexibility index (Phi) is 5.45. The van der Waals surface area contributed by atoms with Gasteiger partial charge < -0.3 is 4.74 Å². The smallest absolute Gasteiger partial charge is 0.310 e. The molecule has 0 bridgehead atoms. The monoisotopic (exact) mass is 371 g/mol. The van der Waals surface area contributed by atoms with Gasteiger partial charge in [-0.2, -0.15) is 0 Å². The van der Waals surface area contributed by atoms with Crippen LogP contribution in [-0.4, -0.2) is 17.6 Å². The zero-order valence-electron chi connectivity index (χ0n) is 8.84. The Labute approximate surface area is 114 Å². The first kappa shape index (κ1) is 14.5. The number of ether oxygens (including phenoxy) is 1. The molecule has 0 saturated heterocycles. The average Bonchev–Trinajstić information content (AvgIpc) is 2.23. The second-order valence-corrected chi connectivity index (χ2v) is 4.63. The minimum Gasteiger partial charge on any atom is -0.466 e. The molecule has 0 saturated carbocycles. The zero-order chi connectivity index (χ0) is 13.0. The topological polar surface area (TPSA) is 39.2 Å². The highest BCUT2D eigenvalue weighted by molar-refractivity contribution is 9.13. The van der Waals surface area contributed by atoms with Gasteiger partial charge in [0.1, 0.15) is 4.60 Å². The van der Waals surface area contributed by atoms with Gasteiger partial charge in [-0.15, -0.1) is 0 Å². The Morgan fingerprint density at radius 3 is 2.71 bits per heavy atom. The lowest BCUT2D eigenvalue weighted by molar-refractivity contribution is -0.142. The highest BCUT2D eigenvalue weighted by atomic mass is 79.9. The van der Waals surface area contributed by atoms with Crippen molar-refractivity contribution in [2.24, 2.45) is 0 Å². The highest BCUT2D eigenvalue weighted by Crippen LogP contribution is 2.34. The molecule has 17 heavy (non-hydrogen) atoms. The normalized spacial score (nSPS) is 10.7. The maximum Gasteiger partial charge on any atom is 0.310 e. The molecule has 1 heterocycles. The van der Waals surface area contributed by atoms with Crippen LogP contribution < -0.4 is 0 Å². The summed E-state index contributed by atoms with van der Waals surface area (Å²) in [7, 11) is 0. The summed E-state index contributed by atoms with van der Waals surface area (Å²) in [6.07, 6.45) is -1.66. The zero-order valence-corrected chi connectivity index (χ0v) is 12.0. The van der Waals surface area contributed by atoms with E-state index in [0.717, 1.165) is 0 Å². The lowest BCUT2D eigenvalue weighted by Gasteiger charge is -2.11. The van der Waals surface area contributed by atoms with Crippen molar-refractivity contribution in [3.05, 3.63) is 26.4 Å². The lowest BCUT2D eigenvalue weighted by atomic mass is 10.1. The number of halogens is 4. The van der Waals surface area contributed by atoms with E-state index < -0.39 is 12.4 Å². The van der Waals surface area contributed by atoms with Crippen molar-refractivity contribution in [2.45, 2.75) is 19.8 Å². The Morgan fingerprint density at radius 1 is 1.53 bits per heavy atom. The molecule has 0 amide bonds. The Bertz CT molecular complexity index is 427. The fraction of sp³-hybridized carbons (Fsp3) is 0.400. The van der Waals surface area contributed by atoms with E-state index >= 15 is 0 Å². The SMILES string of the molecule is CCOC(=O)Cc1cnc(Br)c(Br)c1C(F)F. The van der Waals surface area contributed by atoms with Crippen LogP contribution in [0.15, 0.2) is 15.3 Å². The summed E-state index contributed by atoms with van der Waals surface area (Å²) in [6.45, 7) is 1.87. The molecule has 0 aliphatic carbocycles. The summed E-state index contributed by atoms with van der Waals surface area (Å²) in [4.78, 5) is 15.1. The number of nitrogens with zero attached hydrogens (tertiary/aromatic N) is 1. The van der Waals surface area contributed by atoms with Gasteiger partial charge in [-0.05, 0) is 44.3 Å². The van der Waals surface area contributed by atoms with E-state index in [0.29, 0.717) is 0 Å². The molecule has 94 valence electrons. The molecule has 0 spiro atoms. The number of carbonyl (C=O) groups excluding carboxylic acids is 1. The van der Waals surface area contributed by atoms with Gasteiger partial charge in [-0.25, -0.2) is 13.8 Å². The molecular weight excluding hydrogens is 364 g/mol. The van der Waals surface area contributed by atoms with E-state index in [9.17, 15) is 13.6 Å². The quantitative estimate of drug-likeness (QED) is 0.598. The number of hydrogen-bond donors (Lipinski definition) is 0. The minimum absolute atomic E-state index is 0.161. The molecular formula is C10H9Br2F2NO2. The Balaban J connectivity index is 3.07. The van der Waals surface area contributed by atoms with E-state index in [1.165, 1.54) is 6.20 Å². The molecule has 3 nitrogen and oxygen atoms in total. The minimum atomic E-state index is -2.69. The van der Waals surface area contributed by atoms with Crippen molar-refractivity contribution in [2.75, 3.05) is 6.61 Å². The number of aromatic nitrogens is 1. The van der Waals surface area contributed by atoms with Gasteiger partial charge in [0.05, 0.1) is 17.5 Å². The number of carbonyl (C=O) groups is 1. The molecule has 0 aliphatic heterocycles. The molecule has 0 aliphatic rings. The van der Waals surface area contributed by atoms with E-state index in [-0.39, 0.29) is 33.2 Å². The number of alkyl halides is 2. The third-order valence-electron chi connectivity index (χ3n) is 1.96. The first-order valence-electron chi connectivity index (χ1n) is 4.73. The van der Waals surface area contributed by atoms with Crippen LogP contribution in [-0.2, 0) is 16.0 Å². The predicted molar refractivity (Wildman–Crippen MR) is 64.9 cm³/mol. The summed E-state index contributed by atoms with van der Waals surface area (Å²) in [5.41, 5.74) is -0.0755. The summed E-state index contributed by atoms with van der Waals surface area (Å²) in [6, 6.07) is 0. The number of esters is 1. The molecule has 1 aromatic heterocycles. The summed E-state index contributed by atoms with van der Waals surface area (Å²) in [5, 5.41) is 0. The fourth-order valence-electron chi connectivity index (χ4n) is 1.26. The van der Waals surface area contributed by atoms with Gasteiger partial charge in [0, 0.05) is 11.8 Å². The second kappa shape index (κ2) is 6.39. The van der Waals surface area contributed by atoms with Crippen molar-refractivity contribution in [1.82, 2.24) is 4.98 Å². The van der Waals surface area contributed by atoms with Gasteiger partial charge in [-0.3, -0.25) is 4.79 Å². The van der Waals surface area contributed by atoms with Crippen LogP contribution >= 0.6 is 31.9 Å². The van der Waals surface area contributed by atoms with Crippen molar-refractivity contribution >= 4 is 37.8 Å². The first-order valence-corrected chi connectivity index (χ1v) is 6.32. The predicted octanol–water partition coefficient (Wildman–Crippen LogP) is 3.65.